The molecule has 0 radical (unpaired) electrons. The third-order valence-corrected chi connectivity index (χ3v) is 5.70. The molecule has 1 aromatic heterocycles. The van der Waals surface area contributed by atoms with Crippen molar-refractivity contribution in [3.63, 3.8) is 0 Å². The second kappa shape index (κ2) is 8.22. The van der Waals surface area contributed by atoms with Crippen molar-refractivity contribution < 1.29 is 9.13 Å². The van der Waals surface area contributed by atoms with Gasteiger partial charge >= 0.3 is 0 Å². The molecule has 5 nitrogen and oxygen atoms in total. The molecule has 0 unspecified atom stereocenters. The molecule has 0 amide bonds. The lowest BCUT2D eigenvalue weighted by Crippen LogP contribution is -2.47. The number of ether oxygens (including phenoxy) is 1. The number of hydrogen-bond acceptors (Lipinski definition) is 5. The Bertz CT molecular complexity index is 1200. The Labute approximate surface area is 180 Å². The number of piperazine rings is 1. The second-order valence-electron chi connectivity index (χ2n) is 7.54. The normalized spacial score (nSPS) is 14.1. The molecule has 0 spiro atoms. The topological polar surface area (TPSA) is 41.5 Å². The van der Waals surface area contributed by atoms with E-state index in [4.69, 9.17) is 14.7 Å². The highest BCUT2D eigenvalue weighted by atomic mass is 19.1. The molecule has 1 fully saturated rings. The molecule has 4 aromatic rings. The summed E-state index contributed by atoms with van der Waals surface area (Å²) < 4.78 is 19.5. The molecule has 1 saturated heterocycles. The van der Waals surface area contributed by atoms with Gasteiger partial charge in [0.25, 0.3) is 0 Å². The van der Waals surface area contributed by atoms with E-state index in [0.29, 0.717) is 11.5 Å². The number of halogens is 1. The fourth-order valence-electron chi connectivity index (χ4n) is 4.04. The van der Waals surface area contributed by atoms with Crippen molar-refractivity contribution >= 4 is 22.4 Å². The van der Waals surface area contributed by atoms with Crippen molar-refractivity contribution in [2.75, 3.05) is 43.1 Å². The Morgan fingerprint density at radius 2 is 1.45 bits per heavy atom. The van der Waals surface area contributed by atoms with E-state index in [-0.39, 0.29) is 5.82 Å². The summed E-state index contributed by atoms with van der Waals surface area (Å²) in [5.41, 5.74) is 2.52. The van der Waals surface area contributed by atoms with Gasteiger partial charge < -0.3 is 14.5 Å². The maximum absolute atomic E-state index is 14.2. The van der Waals surface area contributed by atoms with Crippen LogP contribution in [-0.4, -0.2) is 43.3 Å². The van der Waals surface area contributed by atoms with Crippen molar-refractivity contribution in [1.29, 1.82) is 0 Å². The van der Waals surface area contributed by atoms with Crippen molar-refractivity contribution in [3.05, 3.63) is 78.6 Å². The number of methoxy groups -OCH3 is 1. The van der Waals surface area contributed by atoms with Crippen LogP contribution in [0.2, 0.25) is 0 Å². The molecule has 0 saturated carbocycles. The monoisotopic (exact) mass is 414 g/mol. The van der Waals surface area contributed by atoms with Gasteiger partial charge in [-0.1, -0.05) is 24.3 Å². The summed E-state index contributed by atoms with van der Waals surface area (Å²) in [5, 5.41) is 1.03. The van der Waals surface area contributed by atoms with Crippen LogP contribution < -0.4 is 14.5 Å². The summed E-state index contributed by atoms with van der Waals surface area (Å²) in [6, 6.07) is 22.8. The number of aromatic nitrogens is 2. The first-order valence-electron chi connectivity index (χ1n) is 10.4. The summed E-state index contributed by atoms with van der Waals surface area (Å²) >= 11 is 0. The predicted molar refractivity (Wildman–Crippen MR) is 122 cm³/mol. The van der Waals surface area contributed by atoms with Gasteiger partial charge in [0.05, 0.1) is 18.3 Å². The van der Waals surface area contributed by atoms with Crippen molar-refractivity contribution in [1.82, 2.24) is 9.97 Å². The van der Waals surface area contributed by atoms with Crippen LogP contribution in [0.5, 0.6) is 5.75 Å². The molecule has 6 heteroatoms. The Hall–Kier alpha value is -3.67. The first kappa shape index (κ1) is 19.3. The highest BCUT2D eigenvalue weighted by Crippen LogP contribution is 2.30. The molecule has 0 bridgehead atoms. The van der Waals surface area contributed by atoms with Crippen molar-refractivity contribution in [3.8, 4) is 17.1 Å². The number of benzene rings is 3. The van der Waals surface area contributed by atoms with E-state index >= 15 is 0 Å². The lowest BCUT2D eigenvalue weighted by atomic mass is 10.1. The average molecular weight is 414 g/mol. The van der Waals surface area contributed by atoms with Crippen LogP contribution in [0.25, 0.3) is 22.3 Å². The van der Waals surface area contributed by atoms with E-state index in [1.54, 1.807) is 13.2 Å². The van der Waals surface area contributed by atoms with Crippen LogP contribution in [-0.2, 0) is 0 Å². The standard InChI is InChI=1S/C25H23FN4O/c1-31-19-12-10-18(11-13-19)24-27-22-8-4-2-6-20(22)25(28-24)30-16-14-29(15-17-30)23-9-5-3-7-21(23)26/h2-13H,14-17H2,1H3. The molecule has 5 rings (SSSR count). The fourth-order valence-corrected chi connectivity index (χ4v) is 4.04. The first-order chi connectivity index (χ1) is 15.2. The van der Waals surface area contributed by atoms with E-state index in [0.717, 1.165) is 54.2 Å². The van der Waals surface area contributed by atoms with E-state index in [1.807, 2.05) is 54.6 Å². The molecule has 0 aliphatic carbocycles. The minimum atomic E-state index is -0.176. The maximum Gasteiger partial charge on any atom is 0.162 e. The van der Waals surface area contributed by atoms with E-state index < -0.39 is 0 Å². The molecule has 0 atom stereocenters. The smallest absolute Gasteiger partial charge is 0.162 e. The zero-order valence-electron chi connectivity index (χ0n) is 17.3. The largest absolute Gasteiger partial charge is 0.497 e. The molecular weight excluding hydrogens is 391 g/mol. The lowest BCUT2D eigenvalue weighted by Gasteiger charge is -2.37. The van der Waals surface area contributed by atoms with Crippen LogP contribution in [0, 0.1) is 5.82 Å². The number of hydrogen-bond donors (Lipinski definition) is 0. The minimum Gasteiger partial charge on any atom is -0.497 e. The van der Waals surface area contributed by atoms with E-state index in [2.05, 4.69) is 15.9 Å². The molecule has 1 aliphatic heterocycles. The van der Waals surface area contributed by atoms with Gasteiger partial charge in [-0.2, -0.15) is 0 Å². The Balaban J connectivity index is 1.47. The average Bonchev–Trinajstić information content (AvgIpc) is 2.84. The van der Waals surface area contributed by atoms with Crippen LogP contribution in [0.3, 0.4) is 0 Å². The fraction of sp³-hybridized carbons (Fsp3) is 0.200. The van der Waals surface area contributed by atoms with Gasteiger partial charge in [0.1, 0.15) is 17.4 Å². The Morgan fingerprint density at radius 1 is 0.774 bits per heavy atom. The molecule has 3 aromatic carbocycles. The summed E-state index contributed by atoms with van der Waals surface area (Å²) in [5.74, 6) is 2.23. The zero-order chi connectivity index (χ0) is 21.2. The van der Waals surface area contributed by atoms with E-state index in [1.165, 1.54) is 6.07 Å². The van der Waals surface area contributed by atoms with Gasteiger partial charge in [0.15, 0.2) is 5.82 Å². The molecule has 156 valence electrons. The lowest BCUT2D eigenvalue weighted by molar-refractivity contribution is 0.415. The number of anilines is 2. The van der Waals surface area contributed by atoms with Crippen LogP contribution >= 0.6 is 0 Å². The first-order valence-corrected chi connectivity index (χ1v) is 10.4. The molecule has 31 heavy (non-hydrogen) atoms. The number of nitrogens with zero attached hydrogens (tertiary/aromatic N) is 4. The van der Waals surface area contributed by atoms with Crippen LogP contribution in [0.4, 0.5) is 15.9 Å². The predicted octanol–water partition coefficient (Wildman–Crippen LogP) is 4.77. The minimum absolute atomic E-state index is 0.176. The number of fused-ring (bicyclic) bond motifs is 1. The molecule has 2 heterocycles. The van der Waals surface area contributed by atoms with Crippen molar-refractivity contribution in [2.45, 2.75) is 0 Å². The summed E-state index contributed by atoms with van der Waals surface area (Å²) in [6.07, 6.45) is 0. The van der Waals surface area contributed by atoms with Gasteiger partial charge in [0, 0.05) is 37.1 Å². The summed E-state index contributed by atoms with van der Waals surface area (Å²) in [7, 11) is 1.65. The highest BCUT2D eigenvalue weighted by molar-refractivity contribution is 5.91. The van der Waals surface area contributed by atoms with Gasteiger partial charge in [-0.3, -0.25) is 0 Å². The van der Waals surface area contributed by atoms with Gasteiger partial charge in [-0.05, 0) is 48.5 Å². The highest BCUT2D eigenvalue weighted by Gasteiger charge is 2.22. The third kappa shape index (κ3) is 3.77. The Kier molecular flexibility index (Phi) is 5.12. The van der Waals surface area contributed by atoms with Gasteiger partial charge in [-0.25, -0.2) is 14.4 Å². The zero-order valence-corrected chi connectivity index (χ0v) is 17.3. The van der Waals surface area contributed by atoms with Crippen LogP contribution in [0.1, 0.15) is 0 Å². The second-order valence-corrected chi connectivity index (χ2v) is 7.54. The molecule has 0 N–H and O–H groups in total. The van der Waals surface area contributed by atoms with Gasteiger partial charge in [-0.15, -0.1) is 0 Å². The van der Waals surface area contributed by atoms with E-state index in [9.17, 15) is 4.39 Å². The third-order valence-electron chi connectivity index (χ3n) is 5.70. The SMILES string of the molecule is COc1ccc(-c2nc(N3CCN(c4ccccc4F)CC3)c3ccccc3n2)cc1. The molecule has 1 aliphatic rings. The van der Waals surface area contributed by atoms with Gasteiger partial charge in [0.2, 0.25) is 0 Å². The molecular formula is C25H23FN4O. The van der Waals surface area contributed by atoms with Crippen molar-refractivity contribution in [2.24, 2.45) is 0 Å². The Morgan fingerprint density at radius 3 is 2.19 bits per heavy atom. The number of rotatable bonds is 4. The van der Waals surface area contributed by atoms with Crippen LogP contribution in [0.15, 0.2) is 72.8 Å². The number of para-hydroxylation sites is 2. The quantitative estimate of drug-likeness (QED) is 0.481. The summed E-state index contributed by atoms with van der Waals surface area (Å²) in [4.78, 5) is 14.1. The summed E-state index contributed by atoms with van der Waals surface area (Å²) in [6.45, 7) is 2.99. The maximum atomic E-state index is 14.2.